The number of rotatable bonds is 7. The Balaban J connectivity index is 1.73. The van der Waals surface area contributed by atoms with Crippen molar-refractivity contribution < 1.29 is 9.15 Å². The molecular weight excluding hydrogens is 214 g/mol. The molecule has 17 heavy (non-hydrogen) atoms. The summed E-state index contributed by atoms with van der Waals surface area (Å²) in [5, 5.41) is 3.43. The predicted molar refractivity (Wildman–Crippen MR) is 67.7 cm³/mol. The molecule has 3 heteroatoms. The van der Waals surface area contributed by atoms with Crippen LogP contribution in [-0.4, -0.2) is 12.1 Å². The summed E-state index contributed by atoms with van der Waals surface area (Å²) in [5.41, 5.74) is 0. The van der Waals surface area contributed by atoms with Gasteiger partial charge < -0.3 is 14.5 Å². The van der Waals surface area contributed by atoms with Gasteiger partial charge in [-0.05, 0) is 37.8 Å². The third kappa shape index (κ3) is 4.17. The van der Waals surface area contributed by atoms with E-state index in [9.17, 15) is 0 Å². The number of nitrogens with one attached hydrogen (secondary N) is 1. The molecule has 0 aliphatic heterocycles. The van der Waals surface area contributed by atoms with Gasteiger partial charge in [-0.2, -0.15) is 0 Å². The van der Waals surface area contributed by atoms with Crippen molar-refractivity contribution in [2.24, 2.45) is 5.92 Å². The lowest BCUT2D eigenvalue weighted by Crippen LogP contribution is -2.15. The molecule has 0 saturated heterocycles. The first-order valence-corrected chi connectivity index (χ1v) is 6.57. The van der Waals surface area contributed by atoms with E-state index in [0.717, 1.165) is 24.1 Å². The van der Waals surface area contributed by atoms with E-state index in [-0.39, 0.29) is 6.10 Å². The SMILES string of the molecule is CC(C)C(C)OCc1ccc(CNC2CC2)o1. The Morgan fingerprint density at radius 2 is 2.00 bits per heavy atom. The van der Waals surface area contributed by atoms with Gasteiger partial charge in [0.25, 0.3) is 0 Å². The van der Waals surface area contributed by atoms with Gasteiger partial charge in [-0.15, -0.1) is 0 Å². The average molecular weight is 237 g/mol. The van der Waals surface area contributed by atoms with E-state index >= 15 is 0 Å². The van der Waals surface area contributed by atoms with Crippen molar-refractivity contribution in [3.8, 4) is 0 Å². The molecule has 0 bridgehead atoms. The molecule has 1 fully saturated rings. The van der Waals surface area contributed by atoms with Crippen LogP contribution in [0.3, 0.4) is 0 Å². The van der Waals surface area contributed by atoms with Crippen LogP contribution in [0.15, 0.2) is 16.5 Å². The molecule has 1 saturated carbocycles. The molecule has 0 amide bonds. The topological polar surface area (TPSA) is 34.4 Å². The normalized spacial score (nSPS) is 17.6. The Morgan fingerprint density at radius 3 is 2.65 bits per heavy atom. The van der Waals surface area contributed by atoms with Crippen molar-refractivity contribution in [2.75, 3.05) is 0 Å². The molecule has 1 aromatic heterocycles. The van der Waals surface area contributed by atoms with Gasteiger partial charge in [0, 0.05) is 6.04 Å². The molecule has 3 nitrogen and oxygen atoms in total. The van der Waals surface area contributed by atoms with Gasteiger partial charge in [0.05, 0.1) is 12.6 Å². The summed E-state index contributed by atoms with van der Waals surface area (Å²) in [6.45, 7) is 7.84. The molecule has 2 rings (SSSR count). The molecule has 96 valence electrons. The van der Waals surface area contributed by atoms with Crippen LogP contribution >= 0.6 is 0 Å². The van der Waals surface area contributed by atoms with Crippen LogP contribution in [0.4, 0.5) is 0 Å². The molecule has 1 heterocycles. The lowest BCUT2D eigenvalue weighted by molar-refractivity contribution is 0.0145. The second-order valence-corrected chi connectivity index (χ2v) is 5.28. The minimum atomic E-state index is 0.271. The highest BCUT2D eigenvalue weighted by Gasteiger charge is 2.20. The molecule has 1 unspecified atom stereocenters. The summed E-state index contributed by atoms with van der Waals surface area (Å²) in [6.07, 6.45) is 2.89. The first kappa shape index (κ1) is 12.7. The molecule has 0 radical (unpaired) electrons. The van der Waals surface area contributed by atoms with Crippen molar-refractivity contribution in [3.05, 3.63) is 23.7 Å². The fourth-order valence-corrected chi connectivity index (χ4v) is 1.53. The summed E-state index contributed by atoms with van der Waals surface area (Å²) in [5.74, 6) is 2.47. The molecule has 0 spiro atoms. The third-order valence-corrected chi connectivity index (χ3v) is 3.29. The van der Waals surface area contributed by atoms with E-state index in [1.165, 1.54) is 12.8 Å². The van der Waals surface area contributed by atoms with Gasteiger partial charge in [-0.3, -0.25) is 0 Å². The quantitative estimate of drug-likeness (QED) is 0.791. The van der Waals surface area contributed by atoms with Gasteiger partial charge in [0.15, 0.2) is 0 Å². The number of hydrogen-bond donors (Lipinski definition) is 1. The van der Waals surface area contributed by atoms with Crippen LogP contribution in [0.25, 0.3) is 0 Å². The molecule has 0 aromatic carbocycles. The maximum absolute atomic E-state index is 5.73. The Hall–Kier alpha value is -0.800. The Labute approximate surface area is 104 Å². The molecule has 1 aliphatic rings. The Bertz CT molecular complexity index is 342. The molecule has 1 aliphatic carbocycles. The van der Waals surface area contributed by atoms with Gasteiger partial charge in [-0.25, -0.2) is 0 Å². The summed E-state index contributed by atoms with van der Waals surface area (Å²) < 4.78 is 11.4. The van der Waals surface area contributed by atoms with Crippen molar-refractivity contribution in [1.82, 2.24) is 5.32 Å². The number of hydrogen-bond acceptors (Lipinski definition) is 3. The molecule has 1 aromatic rings. The fraction of sp³-hybridized carbons (Fsp3) is 0.714. The highest BCUT2D eigenvalue weighted by Crippen LogP contribution is 2.20. The van der Waals surface area contributed by atoms with E-state index < -0.39 is 0 Å². The van der Waals surface area contributed by atoms with Crippen LogP contribution in [0.1, 0.15) is 45.1 Å². The predicted octanol–water partition coefficient (Wildman–Crippen LogP) is 3.09. The highest BCUT2D eigenvalue weighted by atomic mass is 16.5. The third-order valence-electron chi connectivity index (χ3n) is 3.29. The van der Waals surface area contributed by atoms with Crippen LogP contribution < -0.4 is 5.32 Å². The summed E-state index contributed by atoms with van der Waals surface area (Å²) in [6, 6.07) is 4.77. The smallest absolute Gasteiger partial charge is 0.129 e. The number of furan rings is 1. The minimum absolute atomic E-state index is 0.271. The molecule has 1 N–H and O–H groups in total. The summed E-state index contributed by atoms with van der Waals surface area (Å²) in [4.78, 5) is 0. The number of ether oxygens (including phenoxy) is 1. The maximum atomic E-state index is 5.73. The lowest BCUT2D eigenvalue weighted by Gasteiger charge is -2.15. The summed E-state index contributed by atoms with van der Waals surface area (Å²) in [7, 11) is 0. The van der Waals surface area contributed by atoms with E-state index in [1.807, 2.05) is 12.1 Å². The van der Waals surface area contributed by atoms with Crippen LogP contribution in [0, 0.1) is 5.92 Å². The van der Waals surface area contributed by atoms with Gasteiger partial charge >= 0.3 is 0 Å². The van der Waals surface area contributed by atoms with Gasteiger partial charge in [0.1, 0.15) is 18.1 Å². The monoisotopic (exact) mass is 237 g/mol. The van der Waals surface area contributed by atoms with E-state index in [4.69, 9.17) is 9.15 Å². The zero-order valence-electron chi connectivity index (χ0n) is 11.0. The second-order valence-electron chi connectivity index (χ2n) is 5.28. The first-order chi connectivity index (χ1) is 8.15. The van der Waals surface area contributed by atoms with Crippen LogP contribution in [0.5, 0.6) is 0 Å². The van der Waals surface area contributed by atoms with Crippen LogP contribution in [0.2, 0.25) is 0 Å². The Kier molecular flexibility index (Phi) is 4.24. The Morgan fingerprint density at radius 1 is 1.29 bits per heavy atom. The highest BCUT2D eigenvalue weighted by molar-refractivity contribution is 5.06. The van der Waals surface area contributed by atoms with Gasteiger partial charge in [-0.1, -0.05) is 13.8 Å². The largest absolute Gasteiger partial charge is 0.462 e. The fourth-order valence-electron chi connectivity index (χ4n) is 1.53. The average Bonchev–Trinajstić information content (AvgIpc) is 3.02. The lowest BCUT2D eigenvalue weighted by atomic mass is 10.1. The zero-order valence-corrected chi connectivity index (χ0v) is 11.0. The second kappa shape index (κ2) is 5.69. The van der Waals surface area contributed by atoms with Crippen molar-refractivity contribution in [3.63, 3.8) is 0 Å². The van der Waals surface area contributed by atoms with Crippen molar-refractivity contribution in [1.29, 1.82) is 0 Å². The van der Waals surface area contributed by atoms with Crippen molar-refractivity contribution >= 4 is 0 Å². The van der Waals surface area contributed by atoms with Gasteiger partial charge in [0.2, 0.25) is 0 Å². The zero-order chi connectivity index (χ0) is 12.3. The summed E-state index contributed by atoms with van der Waals surface area (Å²) >= 11 is 0. The first-order valence-electron chi connectivity index (χ1n) is 6.57. The molecule has 1 atom stereocenters. The van der Waals surface area contributed by atoms with E-state index in [0.29, 0.717) is 12.5 Å². The minimum Gasteiger partial charge on any atom is -0.462 e. The van der Waals surface area contributed by atoms with E-state index in [1.54, 1.807) is 0 Å². The molecular formula is C14H23NO2. The standard InChI is InChI=1S/C14H23NO2/c1-10(2)11(3)16-9-14-7-6-13(17-14)8-15-12-4-5-12/h6-7,10-12,15H,4-5,8-9H2,1-3H3. The van der Waals surface area contributed by atoms with Crippen LogP contribution in [-0.2, 0) is 17.9 Å². The maximum Gasteiger partial charge on any atom is 0.129 e. The van der Waals surface area contributed by atoms with E-state index in [2.05, 4.69) is 26.1 Å². The van der Waals surface area contributed by atoms with Crippen molar-refractivity contribution in [2.45, 2.75) is 58.9 Å².